The molecule has 0 bridgehead atoms. The van der Waals surface area contributed by atoms with Crippen LogP contribution in [0.3, 0.4) is 0 Å². The molecule has 1 aliphatic rings. The van der Waals surface area contributed by atoms with Gasteiger partial charge in [-0.15, -0.1) is 0 Å². The normalized spacial score (nSPS) is 15.4. The Labute approximate surface area is 144 Å². The Morgan fingerprint density at radius 2 is 1.71 bits per heavy atom. The van der Waals surface area contributed by atoms with Crippen LogP contribution in [0.1, 0.15) is 36.0 Å². The van der Waals surface area contributed by atoms with Gasteiger partial charge in [-0.25, -0.2) is 0 Å². The van der Waals surface area contributed by atoms with Crippen LogP contribution in [0.4, 0.5) is 0 Å². The van der Waals surface area contributed by atoms with E-state index in [0.29, 0.717) is 6.54 Å². The monoisotopic (exact) mass is 323 g/mol. The molecule has 1 aliphatic carbocycles. The lowest BCUT2D eigenvalue weighted by molar-refractivity contribution is -0.123. The zero-order valence-electron chi connectivity index (χ0n) is 14.5. The van der Waals surface area contributed by atoms with Crippen LogP contribution in [-0.4, -0.2) is 19.1 Å². The zero-order chi connectivity index (χ0) is 17.0. The maximum atomic E-state index is 12.2. The molecule has 0 unspecified atom stereocenters. The van der Waals surface area contributed by atoms with Gasteiger partial charge < -0.3 is 10.1 Å². The first-order chi connectivity index (χ1) is 11.6. The first kappa shape index (κ1) is 16.6. The van der Waals surface area contributed by atoms with Crippen LogP contribution in [0.25, 0.3) is 0 Å². The predicted octanol–water partition coefficient (Wildman–Crippen LogP) is 3.92. The van der Waals surface area contributed by atoms with Gasteiger partial charge in [0.05, 0.1) is 0 Å². The highest BCUT2D eigenvalue weighted by Gasteiger charge is 2.38. The topological polar surface area (TPSA) is 38.3 Å². The molecule has 126 valence electrons. The van der Waals surface area contributed by atoms with Gasteiger partial charge in [-0.05, 0) is 43.4 Å². The Morgan fingerprint density at radius 1 is 1.04 bits per heavy atom. The van der Waals surface area contributed by atoms with E-state index in [1.807, 2.05) is 38.1 Å². The Morgan fingerprint density at radius 3 is 2.29 bits per heavy atom. The standard InChI is InChI=1S/C21H25NO2/c1-16-8-6-9-17(2)20(16)24-14-19(23)22-15-21(12-7-13-21)18-10-4-3-5-11-18/h3-6,8-11H,7,12-15H2,1-2H3,(H,22,23). The molecule has 3 heteroatoms. The summed E-state index contributed by atoms with van der Waals surface area (Å²) in [6, 6.07) is 16.5. The highest BCUT2D eigenvalue weighted by atomic mass is 16.5. The number of nitrogens with one attached hydrogen (secondary N) is 1. The summed E-state index contributed by atoms with van der Waals surface area (Å²) in [5.74, 6) is 0.758. The van der Waals surface area contributed by atoms with Gasteiger partial charge >= 0.3 is 0 Å². The number of carbonyl (C=O) groups excluding carboxylic acids is 1. The SMILES string of the molecule is Cc1cccc(C)c1OCC(=O)NCC1(c2ccccc2)CCC1. The lowest BCUT2D eigenvalue weighted by Gasteiger charge is -2.42. The van der Waals surface area contributed by atoms with Crippen molar-refractivity contribution >= 4 is 5.91 Å². The molecule has 3 nitrogen and oxygen atoms in total. The second-order valence-corrected chi connectivity index (χ2v) is 6.79. The first-order valence-corrected chi connectivity index (χ1v) is 8.62. The maximum absolute atomic E-state index is 12.2. The minimum absolute atomic E-state index is 0.0557. The number of rotatable bonds is 6. The smallest absolute Gasteiger partial charge is 0.257 e. The molecular formula is C21H25NO2. The van der Waals surface area contributed by atoms with Crippen LogP contribution in [0.2, 0.25) is 0 Å². The highest BCUT2D eigenvalue weighted by molar-refractivity contribution is 5.77. The molecule has 1 saturated carbocycles. The van der Waals surface area contributed by atoms with Gasteiger partial charge in [0.25, 0.3) is 5.91 Å². The number of ether oxygens (including phenoxy) is 1. The van der Waals surface area contributed by atoms with Crippen molar-refractivity contribution in [3.63, 3.8) is 0 Å². The molecule has 1 N–H and O–H groups in total. The van der Waals surface area contributed by atoms with Crippen LogP contribution in [-0.2, 0) is 10.2 Å². The van der Waals surface area contributed by atoms with Gasteiger partial charge in [0, 0.05) is 12.0 Å². The third kappa shape index (κ3) is 3.45. The van der Waals surface area contributed by atoms with E-state index in [4.69, 9.17) is 4.74 Å². The quantitative estimate of drug-likeness (QED) is 0.875. The summed E-state index contributed by atoms with van der Waals surface area (Å²) >= 11 is 0. The Kier molecular flexibility index (Phi) is 4.89. The second-order valence-electron chi connectivity index (χ2n) is 6.79. The van der Waals surface area contributed by atoms with E-state index in [1.54, 1.807) is 0 Å². The largest absolute Gasteiger partial charge is 0.483 e. The summed E-state index contributed by atoms with van der Waals surface area (Å²) in [6.07, 6.45) is 3.49. The Bertz CT molecular complexity index is 685. The summed E-state index contributed by atoms with van der Waals surface area (Å²) in [4.78, 5) is 12.2. The molecule has 2 aromatic carbocycles. The van der Waals surface area contributed by atoms with E-state index in [0.717, 1.165) is 29.7 Å². The summed E-state index contributed by atoms with van der Waals surface area (Å²) in [5.41, 5.74) is 3.55. The number of aryl methyl sites for hydroxylation is 2. The Hall–Kier alpha value is -2.29. The molecule has 1 fully saturated rings. The highest BCUT2D eigenvalue weighted by Crippen LogP contribution is 2.43. The number of para-hydroxylation sites is 1. The van der Waals surface area contributed by atoms with Gasteiger partial charge in [0.15, 0.2) is 6.61 Å². The minimum atomic E-state index is -0.0557. The van der Waals surface area contributed by atoms with E-state index in [-0.39, 0.29) is 17.9 Å². The van der Waals surface area contributed by atoms with Crippen LogP contribution >= 0.6 is 0 Å². The average molecular weight is 323 g/mol. The molecule has 0 saturated heterocycles. The van der Waals surface area contributed by atoms with E-state index >= 15 is 0 Å². The summed E-state index contributed by atoms with van der Waals surface area (Å²) in [6.45, 7) is 4.75. The van der Waals surface area contributed by atoms with Crippen molar-refractivity contribution < 1.29 is 9.53 Å². The van der Waals surface area contributed by atoms with Gasteiger partial charge in [0.1, 0.15) is 5.75 Å². The summed E-state index contributed by atoms with van der Waals surface area (Å²) in [5, 5.41) is 3.07. The van der Waals surface area contributed by atoms with Crippen molar-refractivity contribution in [2.75, 3.05) is 13.2 Å². The van der Waals surface area contributed by atoms with Crippen LogP contribution < -0.4 is 10.1 Å². The van der Waals surface area contributed by atoms with Gasteiger partial charge in [0.2, 0.25) is 0 Å². The molecule has 0 atom stereocenters. The molecule has 0 radical (unpaired) electrons. The summed E-state index contributed by atoms with van der Waals surface area (Å²) in [7, 11) is 0. The number of carbonyl (C=O) groups is 1. The van der Waals surface area contributed by atoms with Crippen molar-refractivity contribution in [3.05, 3.63) is 65.2 Å². The third-order valence-electron chi connectivity index (χ3n) is 5.08. The van der Waals surface area contributed by atoms with Crippen LogP contribution in [0, 0.1) is 13.8 Å². The first-order valence-electron chi connectivity index (χ1n) is 8.62. The average Bonchev–Trinajstić information content (AvgIpc) is 2.54. The lowest BCUT2D eigenvalue weighted by Crippen LogP contribution is -2.46. The maximum Gasteiger partial charge on any atom is 0.257 e. The van der Waals surface area contributed by atoms with Crippen molar-refractivity contribution in [2.45, 2.75) is 38.5 Å². The Balaban J connectivity index is 1.56. The molecule has 0 aromatic heterocycles. The fourth-order valence-corrected chi connectivity index (χ4v) is 3.45. The minimum Gasteiger partial charge on any atom is -0.483 e. The van der Waals surface area contributed by atoms with Crippen molar-refractivity contribution in [1.82, 2.24) is 5.32 Å². The zero-order valence-corrected chi connectivity index (χ0v) is 14.5. The molecule has 1 amide bonds. The number of hydrogen-bond donors (Lipinski definition) is 1. The van der Waals surface area contributed by atoms with Gasteiger partial charge in [-0.2, -0.15) is 0 Å². The van der Waals surface area contributed by atoms with Gasteiger partial charge in [-0.1, -0.05) is 55.0 Å². The van der Waals surface area contributed by atoms with E-state index in [2.05, 4.69) is 29.6 Å². The number of hydrogen-bond acceptors (Lipinski definition) is 2. The van der Waals surface area contributed by atoms with Crippen LogP contribution in [0.15, 0.2) is 48.5 Å². The van der Waals surface area contributed by atoms with Crippen molar-refractivity contribution in [1.29, 1.82) is 0 Å². The molecule has 0 heterocycles. The fourth-order valence-electron chi connectivity index (χ4n) is 3.45. The molecule has 24 heavy (non-hydrogen) atoms. The molecular weight excluding hydrogens is 298 g/mol. The fraction of sp³-hybridized carbons (Fsp3) is 0.381. The number of benzene rings is 2. The second kappa shape index (κ2) is 7.08. The van der Waals surface area contributed by atoms with Crippen LogP contribution in [0.5, 0.6) is 5.75 Å². The molecule has 0 spiro atoms. The third-order valence-corrected chi connectivity index (χ3v) is 5.08. The summed E-state index contributed by atoms with van der Waals surface area (Å²) < 4.78 is 5.74. The predicted molar refractivity (Wildman–Crippen MR) is 96.4 cm³/mol. The molecule has 2 aromatic rings. The van der Waals surface area contributed by atoms with E-state index < -0.39 is 0 Å². The molecule has 3 rings (SSSR count). The van der Waals surface area contributed by atoms with Gasteiger partial charge in [-0.3, -0.25) is 4.79 Å². The van der Waals surface area contributed by atoms with E-state index in [1.165, 1.54) is 12.0 Å². The number of amides is 1. The molecule has 0 aliphatic heterocycles. The lowest BCUT2D eigenvalue weighted by atomic mass is 9.64. The van der Waals surface area contributed by atoms with E-state index in [9.17, 15) is 4.79 Å². The van der Waals surface area contributed by atoms with Crippen molar-refractivity contribution in [2.24, 2.45) is 0 Å². The van der Waals surface area contributed by atoms with Crippen molar-refractivity contribution in [3.8, 4) is 5.75 Å².